The van der Waals surface area contributed by atoms with Gasteiger partial charge in [-0.05, 0) is 38.1 Å². The minimum atomic E-state index is -0.149. The predicted molar refractivity (Wildman–Crippen MR) is 106 cm³/mol. The lowest BCUT2D eigenvalue weighted by Crippen LogP contribution is -2.15. The fourth-order valence-corrected chi connectivity index (χ4v) is 3.21. The van der Waals surface area contributed by atoms with E-state index in [1.54, 1.807) is 30.8 Å². The van der Waals surface area contributed by atoms with E-state index < -0.39 is 0 Å². The van der Waals surface area contributed by atoms with Gasteiger partial charge in [0, 0.05) is 11.8 Å². The van der Waals surface area contributed by atoms with E-state index in [-0.39, 0.29) is 11.7 Å². The minimum Gasteiger partial charge on any atom is -0.490 e. The number of nitrogens with one attached hydrogen (secondary N) is 1. The number of anilines is 1. The summed E-state index contributed by atoms with van der Waals surface area (Å²) in [5.41, 5.74) is 0.648. The van der Waals surface area contributed by atoms with Gasteiger partial charge in [0.1, 0.15) is 12.1 Å². The smallest absolute Gasteiger partial charge is 0.234 e. The fraction of sp³-hybridized carbons (Fsp3) is 0.316. The first-order chi connectivity index (χ1) is 13.7. The molecule has 9 heteroatoms. The van der Waals surface area contributed by atoms with Crippen molar-refractivity contribution in [2.24, 2.45) is 0 Å². The van der Waals surface area contributed by atoms with Crippen molar-refractivity contribution < 1.29 is 18.7 Å². The maximum Gasteiger partial charge on any atom is 0.234 e. The summed E-state index contributed by atoms with van der Waals surface area (Å²) in [7, 11) is 0. The molecule has 0 aliphatic rings. The first-order valence-corrected chi connectivity index (χ1v) is 9.90. The Bertz CT molecular complexity index is 895. The van der Waals surface area contributed by atoms with E-state index in [0.717, 1.165) is 5.76 Å². The van der Waals surface area contributed by atoms with Crippen LogP contribution in [0.5, 0.6) is 11.5 Å². The van der Waals surface area contributed by atoms with Gasteiger partial charge in [0.05, 0.1) is 31.8 Å². The van der Waals surface area contributed by atoms with Gasteiger partial charge in [-0.3, -0.25) is 4.79 Å². The van der Waals surface area contributed by atoms with E-state index in [4.69, 9.17) is 13.9 Å². The molecule has 0 radical (unpaired) electrons. The Morgan fingerprint density at radius 1 is 1.21 bits per heavy atom. The molecule has 148 valence electrons. The van der Waals surface area contributed by atoms with E-state index in [1.807, 2.05) is 30.5 Å². The van der Waals surface area contributed by atoms with Crippen LogP contribution in [-0.4, -0.2) is 39.6 Å². The van der Waals surface area contributed by atoms with Gasteiger partial charge in [0.15, 0.2) is 16.7 Å². The molecule has 1 amide bonds. The number of nitrogens with zero attached hydrogens (tertiary/aromatic N) is 3. The van der Waals surface area contributed by atoms with Crippen LogP contribution in [0.3, 0.4) is 0 Å². The van der Waals surface area contributed by atoms with E-state index >= 15 is 0 Å². The molecule has 2 heterocycles. The molecular weight excluding hydrogens is 380 g/mol. The van der Waals surface area contributed by atoms with Crippen molar-refractivity contribution >= 4 is 23.4 Å². The van der Waals surface area contributed by atoms with Crippen molar-refractivity contribution in [3.05, 3.63) is 48.7 Å². The lowest BCUT2D eigenvalue weighted by Gasteiger charge is -2.13. The summed E-state index contributed by atoms with van der Waals surface area (Å²) >= 11 is 1.31. The van der Waals surface area contributed by atoms with Crippen LogP contribution in [0.1, 0.15) is 19.6 Å². The molecule has 0 aliphatic carbocycles. The molecular formula is C19H22N4O4S. The van der Waals surface area contributed by atoms with Crippen molar-refractivity contribution in [1.82, 2.24) is 14.8 Å². The molecule has 0 fully saturated rings. The maximum atomic E-state index is 12.3. The van der Waals surface area contributed by atoms with Crippen LogP contribution in [0.15, 0.2) is 52.5 Å². The highest BCUT2D eigenvalue weighted by Crippen LogP contribution is 2.30. The second kappa shape index (κ2) is 9.84. The molecule has 0 bridgehead atoms. The van der Waals surface area contributed by atoms with E-state index in [2.05, 4.69) is 15.5 Å². The molecule has 28 heavy (non-hydrogen) atoms. The van der Waals surface area contributed by atoms with E-state index in [9.17, 15) is 4.79 Å². The van der Waals surface area contributed by atoms with Crippen molar-refractivity contribution in [2.45, 2.75) is 25.5 Å². The summed E-state index contributed by atoms with van der Waals surface area (Å²) in [6.07, 6.45) is 3.23. The average Bonchev–Trinajstić information content (AvgIpc) is 3.35. The zero-order valence-corrected chi connectivity index (χ0v) is 16.6. The number of amides is 1. The summed E-state index contributed by atoms with van der Waals surface area (Å²) < 4.78 is 18.3. The summed E-state index contributed by atoms with van der Waals surface area (Å²) in [6, 6.07) is 9.04. The molecule has 1 N–H and O–H groups in total. The highest BCUT2D eigenvalue weighted by atomic mass is 32.2. The van der Waals surface area contributed by atoms with Crippen LogP contribution in [-0.2, 0) is 11.3 Å². The second-order valence-corrected chi connectivity index (χ2v) is 6.63. The zero-order chi connectivity index (χ0) is 19.8. The van der Waals surface area contributed by atoms with Gasteiger partial charge in [-0.15, -0.1) is 10.2 Å². The molecule has 0 atom stereocenters. The lowest BCUT2D eigenvalue weighted by molar-refractivity contribution is -0.113. The first kappa shape index (κ1) is 19.8. The van der Waals surface area contributed by atoms with Gasteiger partial charge < -0.3 is 23.8 Å². The Morgan fingerprint density at radius 3 is 2.79 bits per heavy atom. The van der Waals surface area contributed by atoms with Gasteiger partial charge in [-0.2, -0.15) is 0 Å². The third kappa shape index (κ3) is 5.29. The molecule has 3 aromatic rings. The van der Waals surface area contributed by atoms with Gasteiger partial charge in [0.2, 0.25) is 5.91 Å². The van der Waals surface area contributed by atoms with E-state index in [1.165, 1.54) is 11.8 Å². The molecule has 0 spiro atoms. The normalized spacial score (nSPS) is 10.6. The van der Waals surface area contributed by atoms with Crippen molar-refractivity contribution in [2.75, 3.05) is 24.3 Å². The number of carbonyl (C=O) groups excluding carboxylic acids is 1. The Morgan fingerprint density at radius 2 is 2.04 bits per heavy atom. The van der Waals surface area contributed by atoms with Crippen LogP contribution in [0.2, 0.25) is 0 Å². The number of carbonyl (C=O) groups is 1. The van der Waals surface area contributed by atoms with Gasteiger partial charge in [-0.1, -0.05) is 11.8 Å². The van der Waals surface area contributed by atoms with Crippen LogP contribution < -0.4 is 14.8 Å². The standard InChI is InChI=1S/C19H22N4O4S/c1-3-25-16-8-7-14(10-17(16)26-4-2)21-18(24)12-28-19-22-20-13-23(19)11-15-6-5-9-27-15/h5-10,13H,3-4,11-12H2,1-2H3,(H,21,24). The summed E-state index contributed by atoms with van der Waals surface area (Å²) in [5.74, 6) is 2.11. The average molecular weight is 402 g/mol. The first-order valence-electron chi connectivity index (χ1n) is 8.92. The number of benzene rings is 1. The third-order valence-corrected chi connectivity index (χ3v) is 4.63. The largest absolute Gasteiger partial charge is 0.490 e. The van der Waals surface area contributed by atoms with Gasteiger partial charge in [-0.25, -0.2) is 0 Å². The number of aromatic nitrogens is 3. The molecule has 0 saturated carbocycles. The Balaban J connectivity index is 1.57. The number of hydrogen-bond donors (Lipinski definition) is 1. The molecule has 1 aromatic carbocycles. The maximum absolute atomic E-state index is 12.3. The zero-order valence-electron chi connectivity index (χ0n) is 15.8. The Hall–Kier alpha value is -2.94. The van der Waals surface area contributed by atoms with Crippen LogP contribution >= 0.6 is 11.8 Å². The summed E-state index contributed by atoms with van der Waals surface area (Å²) in [5, 5.41) is 11.5. The minimum absolute atomic E-state index is 0.149. The predicted octanol–water partition coefficient (Wildman–Crippen LogP) is 3.45. The number of ether oxygens (including phenoxy) is 2. The molecule has 8 nitrogen and oxygen atoms in total. The van der Waals surface area contributed by atoms with Crippen LogP contribution in [0.25, 0.3) is 0 Å². The summed E-state index contributed by atoms with van der Waals surface area (Å²) in [4.78, 5) is 12.3. The third-order valence-electron chi connectivity index (χ3n) is 3.65. The van der Waals surface area contributed by atoms with E-state index in [0.29, 0.717) is 42.1 Å². The number of thioether (sulfide) groups is 1. The topological polar surface area (TPSA) is 91.4 Å². The number of furan rings is 1. The van der Waals surface area contributed by atoms with Crippen molar-refractivity contribution in [1.29, 1.82) is 0 Å². The quantitative estimate of drug-likeness (QED) is 0.519. The molecule has 0 unspecified atom stereocenters. The number of rotatable bonds is 10. The molecule has 3 rings (SSSR count). The monoisotopic (exact) mass is 402 g/mol. The van der Waals surface area contributed by atoms with Gasteiger partial charge >= 0.3 is 0 Å². The SMILES string of the molecule is CCOc1ccc(NC(=O)CSc2nncn2Cc2ccco2)cc1OCC. The molecule has 0 aliphatic heterocycles. The van der Waals surface area contributed by atoms with Crippen molar-refractivity contribution in [3.8, 4) is 11.5 Å². The molecule has 2 aromatic heterocycles. The number of hydrogen-bond acceptors (Lipinski definition) is 7. The highest BCUT2D eigenvalue weighted by Gasteiger charge is 2.12. The second-order valence-electron chi connectivity index (χ2n) is 5.69. The van der Waals surface area contributed by atoms with Crippen molar-refractivity contribution in [3.63, 3.8) is 0 Å². The fourth-order valence-electron chi connectivity index (χ4n) is 2.49. The van der Waals surface area contributed by atoms with Crippen LogP contribution in [0, 0.1) is 0 Å². The Labute approximate surface area is 167 Å². The lowest BCUT2D eigenvalue weighted by atomic mass is 10.2. The van der Waals surface area contributed by atoms with Gasteiger partial charge in [0.25, 0.3) is 0 Å². The van der Waals surface area contributed by atoms with Crippen LogP contribution in [0.4, 0.5) is 5.69 Å². The Kier molecular flexibility index (Phi) is 6.96. The highest BCUT2D eigenvalue weighted by molar-refractivity contribution is 7.99. The summed E-state index contributed by atoms with van der Waals surface area (Å²) in [6.45, 7) is 5.38. The molecule has 0 saturated heterocycles.